The van der Waals surface area contributed by atoms with Gasteiger partial charge in [0.15, 0.2) is 0 Å². The average molecular weight is 279 g/mol. The zero-order valence-electron chi connectivity index (χ0n) is 5.38. The molecule has 0 amide bonds. The average Bonchev–Trinajstić information content (AvgIpc) is 2.33. The number of halogens is 2. The standard InChI is InChI=1S/C6H3ClIN3/c7-6-10-2-3-1-9-5(8)4(3)11-6/h2H,1H2. The summed E-state index contributed by atoms with van der Waals surface area (Å²) < 4.78 is 0.918. The molecular weight excluding hydrogens is 276 g/mol. The van der Waals surface area contributed by atoms with Crippen LogP contribution in [-0.4, -0.2) is 13.7 Å². The highest BCUT2D eigenvalue weighted by Gasteiger charge is 2.15. The molecule has 0 aliphatic carbocycles. The molecule has 0 saturated heterocycles. The first-order valence-corrected chi connectivity index (χ1v) is 4.45. The van der Waals surface area contributed by atoms with Crippen LogP contribution in [0.25, 0.3) is 0 Å². The third kappa shape index (κ3) is 1.24. The topological polar surface area (TPSA) is 38.1 Å². The van der Waals surface area contributed by atoms with Gasteiger partial charge < -0.3 is 0 Å². The predicted molar refractivity (Wildman–Crippen MR) is 51.3 cm³/mol. The van der Waals surface area contributed by atoms with Gasteiger partial charge >= 0.3 is 0 Å². The molecule has 0 spiro atoms. The van der Waals surface area contributed by atoms with Crippen LogP contribution in [0.1, 0.15) is 11.3 Å². The summed E-state index contributed by atoms with van der Waals surface area (Å²) in [6.45, 7) is 0.685. The number of nitrogens with zero attached hydrogens (tertiary/aromatic N) is 3. The fourth-order valence-electron chi connectivity index (χ4n) is 0.909. The van der Waals surface area contributed by atoms with Crippen molar-refractivity contribution < 1.29 is 0 Å². The molecule has 2 rings (SSSR count). The minimum Gasteiger partial charge on any atom is -0.272 e. The van der Waals surface area contributed by atoms with Gasteiger partial charge in [-0.2, -0.15) is 0 Å². The summed E-state index contributed by atoms with van der Waals surface area (Å²) in [5, 5.41) is 0.287. The van der Waals surface area contributed by atoms with E-state index in [2.05, 4.69) is 37.6 Å². The molecule has 0 aromatic carbocycles. The third-order valence-corrected chi connectivity index (χ3v) is 2.45. The highest BCUT2D eigenvalue weighted by molar-refractivity contribution is 14.1. The van der Waals surface area contributed by atoms with Gasteiger partial charge in [0.25, 0.3) is 0 Å². The maximum Gasteiger partial charge on any atom is 0.222 e. The molecule has 0 N–H and O–H groups in total. The van der Waals surface area contributed by atoms with Crippen LogP contribution in [0.2, 0.25) is 5.28 Å². The lowest BCUT2D eigenvalue weighted by Gasteiger charge is -1.95. The summed E-state index contributed by atoms with van der Waals surface area (Å²) in [6.07, 6.45) is 1.72. The first-order chi connectivity index (χ1) is 5.27. The predicted octanol–water partition coefficient (Wildman–Crippen LogP) is 1.83. The second-order valence-electron chi connectivity index (χ2n) is 2.12. The number of aromatic nitrogens is 2. The van der Waals surface area contributed by atoms with Crippen molar-refractivity contribution in [2.45, 2.75) is 6.54 Å². The summed E-state index contributed by atoms with van der Waals surface area (Å²) in [5.74, 6) is 0. The Morgan fingerprint density at radius 1 is 1.55 bits per heavy atom. The summed E-state index contributed by atoms with van der Waals surface area (Å²) in [7, 11) is 0. The quantitative estimate of drug-likeness (QED) is 0.537. The van der Waals surface area contributed by atoms with Crippen LogP contribution in [0.5, 0.6) is 0 Å². The van der Waals surface area contributed by atoms with Gasteiger partial charge in [-0.3, -0.25) is 4.99 Å². The van der Waals surface area contributed by atoms with Crippen LogP contribution in [-0.2, 0) is 6.54 Å². The van der Waals surface area contributed by atoms with Crippen LogP contribution in [0, 0.1) is 0 Å². The molecule has 0 radical (unpaired) electrons. The van der Waals surface area contributed by atoms with E-state index >= 15 is 0 Å². The van der Waals surface area contributed by atoms with Crippen molar-refractivity contribution in [3.63, 3.8) is 0 Å². The zero-order chi connectivity index (χ0) is 7.84. The molecule has 1 aliphatic heterocycles. The second-order valence-corrected chi connectivity index (χ2v) is 3.48. The Morgan fingerprint density at radius 2 is 2.36 bits per heavy atom. The molecule has 3 nitrogen and oxygen atoms in total. The molecule has 0 unspecified atom stereocenters. The van der Waals surface area contributed by atoms with E-state index in [1.54, 1.807) is 6.20 Å². The zero-order valence-corrected chi connectivity index (χ0v) is 8.30. The molecule has 1 aromatic rings. The van der Waals surface area contributed by atoms with Crippen molar-refractivity contribution >= 4 is 37.9 Å². The normalized spacial score (nSPS) is 14.5. The molecule has 1 aromatic heterocycles. The largest absolute Gasteiger partial charge is 0.272 e. The number of fused-ring (bicyclic) bond motifs is 1. The van der Waals surface area contributed by atoms with Crippen molar-refractivity contribution in [2.75, 3.05) is 0 Å². The molecule has 5 heteroatoms. The molecule has 0 atom stereocenters. The van der Waals surface area contributed by atoms with E-state index in [-0.39, 0.29) is 5.28 Å². The Kier molecular flexibility index (Phi) is 1.80. The van der Waals surface area contributed by atoms with E-state index in [4.69, 9.17) is 11.6 Å². The Morgan fingerprint density at radius 3 is 3.18 bits per heavy atom. The van der Waals surface area contributed by atoms with Crippen molar-refractivity contribution in [1.29, 1.82) is 0 Å². The SMILES string of the molecule is Clc1ncc2c(n1)C(I)=NC2. The van der Waals surface area contributed by atoms with Crippen LogP contribution >= 0.6 is 34.2 Å². The summed E-state index contributed by atoms with van der Waals surface area (Å²) in [4.78, 5) is 12.1. The van der Waals surface area contributed by atoms with E-state index in [1.807, 2.05) is 0 Å². The lowest BCUT2D eigenvalue weighted by atomic mass is 10.3. The first-order valence-electron chi connectivity index (χ1n) is 2.99. The molecule has 11 heavy (non-hydrogen) atoms. The van der Waals surface area contributed by atoms with Gasteiger partial charge in [0.1, 0.15) is 9.41 Å². The number of aliphatic imine (C=N–C) groups is 1. The van der Waals surface area contributed by atoms with Crippen LogP contribution in [0.3, 0.4) is 0 Å². The van der Waals surface area contributed by atoms with Gasteiger partial charge in [-0.05, 0) is 34.2 Å². The first kappa shape index (κ1) is 7.42. The van der Waals surface area contributed by atoms with Crippen molar-refractivity contribution in [1.82, 2.24) is 9.97 Å². The van der Waals surface area contributed by atoms with Crippen molar-refractivity contribution in [3.8, 4) is 0 Å². The second kappa shape index (κ2) is 2.67. The monoisotopic (exact) mass is 279 g/mol. The number of hydrogen-bond acceptors (Lipinski definition) is 3. The van der Waals surface area contributed by atoms with Gasteiger partial charge in [-0.1, -0.05) is 0 Å². The van der Waals surface area contributed by atoms with E-state index in [0.717, 1.165) is 15.0 Å². The molecule has 0 bridgehead atoms. The van der Waals surface area contributed by atoms with Crippen LogP contribution in [0.15, 0.2) is 11.2 Å². The van der Waals surface area contributed by atoms with Gasteiger partial charge in [0.05, 0.1) is 6.54 Å². The fraction of sp³-hybridized carbons (Fsp3) is 0.167. The summed E-state index contributed by atoms with van der Waals surface area (Å²) in [5.41, 5.74) is 1.93. The Labute approximate surface area is 82.1 Å². The molecule has 0 fully saturated rings. The van der Waals surface area contributed by atoms with Gasteiger partial charge in [-0.15, -0.1) is 0 Å². The minimum atomic E-state index is 0.287. The maximum atomic E-state index is 5.61. The molecular formula is C6H3ClIN3. The van der Waals surface area contributed by atoms with Crippen molar-refractivity contribution in [3.05, 3.63) is 22.7 Å². The van der Waals surface area contributed by atoms with E-state index < -0.39 is 0 Å². The molecule has 2 heterocycles. The van der Waals surface area contributed by atoms with E-state index in [1.165, 1.54) is 0 Å². The van der Waals surface area contributed by atoms with Gasteiger partial charge in [0.2, 0.25) is 5.28 Å². The highest BCUT2D eigenvalue weighted by Crippen LogP contribution is 2.20. The lowest BCUT2D eigenvalue weighted by molar-refractivity contribution is 1.04. The molecule has 56 valence electrons. The third-order valence-electron chi connectivity index (χ3n) is 1.42. The summed E-state index contributed by atoms with van der Waals surface area (Å²) >= 11 is 7.75. The Hall–Kier alpha value is -0.230. The Bertz CT molecular complexity index is 337. The molecule has 0 saturated carbocycles. The van der Waals surface area contributed by atoms with Crippen LogP contribution < -0.4 is 0 Å². The summed E-state index contributed by atoms with van der Waals surface area (Å²) in [6, 6.07) is 0. The van der Waals surface area contributed by atoms with Gasteiger partial charge in [-0.25, -0.2) is 9.97 Å². The van der Waals surface area contributed by atoms with Crippen LogP contribution in [0.4, 0.5) is 0 Å². The lowest BCUT2D eigenvalue weighted by Crippen LogP contribution is -1.95. The van der Waals surface area contributed by atoms with Crippen molar-refractivity contribution in [2.24, 2.45) is 4.99 Å². The van der Waals surface area contributed by atoms with E-state index in [0.29, 0.717) is 6.54 Å². The number of rotatable bonds is 0. The van der Waals surface area contributed by atoms with E-state index in [9.17, 15) is 0 Å². The highest BCUT2D eigenvalue weighted by atomic mass is 127. The smallest absolute Gasteiger partial charge is 0.222 e. The minimum absolute atomic E-state index is 0.287. The van der Waals surface area contributed by atoms with Gasteiger partial charge in [0, 0.05) is 11.8 Å². The maximum absolute atomic E-state index is 5.61. The molecule has 1 aliphatic rings. The fourth-order valence-corrected chi connectivity index (χ4v) is 1.68. The number of hydrogen-bond donors (Lipinski definition) is 0. The Balaban J connectivity index is 2.60.